The van der Waals surface area contributed by atoms with E-state index in [0.29, 0.717) is 11.4 Å². The van der Waals surface area contributed by atoms with Gasteiger partial charge in [0.05, 0.1) is 0 Å². The molecule has 0 radical (unpaired) electrons. The zero-order valence-corrected chi connectivity index (χ0v) is 9.19. The van der Waals surface area contributed by atoms with Gasteiger partial charge in [-0.15, -0.1) is 0 Å². The van der Waals surface area contributed by atoms with Crippen LogP contribution < -0.4 is 11.1 Å². The number of benzene rings is 1. The summed E-state index contributed by atoms with van der Waals surface area (Å²) in [4.78, 5) is 11.7. The smallest absolute Gasteiger partial charge is 0.295 e. The van der Waals surface area contributed by atoms with Gasteiger partial charge in [-0.25, -0.2) is 8.78 Å². The van der Waals surface area contributed by atoms with Crippen molar-refractivity contribution in [3.05, 3.63) is 47.9 Å². The van der Waals surface area contributed by atoms with E-state index in [9.17, 15) is 13.6 Å². The second-order valence-corrected chi connectivity index (χ2v) is 3.58. The maximum Gasteiger partial charge on any atom is 0.295 e. The van der Waals surface area contributed by atoms with Crippen LogP contribution in [0.15, 0.2) is 40.8 Å². The fourth-order valence-electron chi connectivity index (χ4n) is 1.35. The van der Waals surface area contributed by atoms with Crippen LogP contribution in [0.3, 0.4) is 0 Å². The molecule has 0 fully saturated rings. The molecule has 2 rings (SSSR count). The summed E-state index contributed by atoms with van der Waals surface area (Å²) in [6, 6.07) is 8.70. The van der Waals surface area contributed by atoms with Crippen LogP contribution in [-0.4, -0.2) is 5.91 Å². The molecule has 1 amide bonds. The summed E-state index contributed by atoms with van der Waals surface area (Å²) in [6.07, 6.45) is -2.73. The number of rotatable bonds is 3. The van der Waals surface area contributed by atoms with Crippen molar-refractivity contribution in [2.45, 2.75) is 6.43 Å². The summed E-state index contributed by atoms with van der Waals surface area (Å²) in [5, 5.41) is 2.50. The molecule has 0 saturated carbocycles. The molecule has 0 atom stereocenters. The van der Waals surface area contributed by atoms with Crippen molar-refractivity contribution in [3.8, 4) is 0 Å². The molecule has 2 aromatic rings. The number of nitrogens with one attached hydrogen (secondary N) is 1. The maximum atomic E-state index is 12.3. The standard InChI is InChI=1S/C12H10F2N2O2/c13-11(14)9-5-6-10(18-9)12(17)16-8-3-1-7(15)2-4-8/h1-6,11H,15H2,(H,16,17). The van der Waals surface area contributed by atoms with Gasteiger partial charge in [0.25, 0.3) is 12.3 Å². The van der Waals surface area contributed by atoms with Crippen LogP contribution in [0.2, 0.25) is 0 Å². The van der Waals surface area contributed by atoms with Gasteiger partial charge in [-0.2, -0.15) is 0 Å². The number of anilines is 2. The molecule has 0 saturated heterocycles. The van der Waals surface area contributed by atoms with E-state index in [0.717, 1.165) is 6.07 Å². The number of hydrogen-bond donors (Lipinski definition) is 2. The van der Waals surface area contributed by atoms with E-state index in [-0.39, 0.29) is 5.76 Å². The highest BCUT2D eigenvalue weighted by Crippen LogP contribution is 2.21. The van der Waals surface area contributed by atoms with Gasteiger partial charge in [0.15, 0.2) is 11.5 Å². The number of amides is 1. The number of hydrogen-bond acceptors (Lipinski definition) is 3. The van der Waals surface area contributed by atoms with Crippen LogP contribution in [0.25, 0.3) is 0 Å². The monoisotopic (exact) mass is 252 g/mol. The number of carbonyl (C=O) groups is 1. The van der Waals surface area contributed by atoms with Gasteiger partial charge in [0.1, 0.15) is 0 Å². The summed E-state index contributed by atoms with van der Waals surface area (Å²) in [6.45, 7) is 0. The lowest BCUT2D eigenvalue weighted by atomic mass is 10.3. The molecule has 0 aliphatic carbocycles. The van der Waals surface area contributed by atoms with Gasteiger partial charge < -0.3 is 15.5 Å². The van der Waals surface area contributed by atoms with Gasteiger partial charge in [0, 0.05) is 11.4 Å². The highest BCUT2D eigenvalue weighted by Gasteiger charge is 2.16. The van der Waals surface area contributed by atoms with Crippen LogP contribution >= 0.6 is 0 Å². The Kier molecular flexibility index (Phi) is 3.27. The number of halogens is 2. The van der Waals surface area contributed by atoms with Crippen molar-refractivity contribution in [2.75, 3.05) is 11.1 Å². The Morgan fingerprint density at radius 1 is 1.17 bits per heavy atom. The van der Waals surface area contributed by atoms with Gasteiger partial charge >= 0.3 is 0 Å². The van der Waals surface area contributed by atoms with Gasteiger partial charge in [-0.1, -0.05) is 0 Å². The summed E-state index contributed by atoms with van der Waals surface area (Å²) in [5.74, 6) is -1.29. The zero-order valence-electron chi connectivity index (χ0n) is 9.19. The quantitative estimate of drug-likeness (QED) is 0.825. The van der Waals surface area contributed by atoms with Crippen molar-refractivity contribution in [1.82, 2.24) is 0 Å². The molecule has 3 N–H and O–H groups in total. The molecule has 0 bridgehead atoms. The molecule has 18 heavy (non-hydrogen) atoms. The van der Waals surface area contributed by atoms with Gasteiger partial charge in [0.2, 0.25) is 0 Å². The second-order valence-electron chi connectivity index (χ2n) is 3.58. The average Bonchev–Trinajstić information content (AvgIpc) is 2.81. The third kappa shape index (κ3) is 2.65. The Labute approximate surface area is 101 Å². The molecule has 6 heteroatoms. The summed E-state index contributed by atoms with van der Waals surface area (Å²) in [5.41, 5.74) is 6.56. The van der Waals surface area contributed by atoms with Crippen molar-refractivity contribution in [1.29, 1.82) is 0 Å². The minimum atomic E-state index is -2.73. The first-order valence-electron chi connectivity index (χ1n) is 5.11. The third-order valence-corrected chi connectivity index (χ3v) is 2.23. The number of furan rings is 1. The lowest BCUT2D eigenvalue weighted by molar-refractivity contribution is 0.0964. The maximum absolute atomic E-state index is 12.3. The Hall–Kier alpha value is -2.37. The first-order chi connectivity index (χ1) is 8.56. The van der Waals surface area contributed by atoms with Gasteiger partial charge in [-0.3, -0.25) is 4.79 Å². The Bertz CT molecular complexity index is 549. The van der Waals surface area contributed by atoms with Crippen LogP contribution in [-0.2, 0) is 0 Å². The molecule has 0 unspecified atom stereocenters. The molecule has 94 valence electrons. The Morgan fingerprint density at radius 2 is 1.83 bits per heavy atom. The largest absolute Gasteiger partial charge is 0.450 e. The SMILES string of the molecule is Nc1ccc(NC(=O)c2ccc(C(F)F)o2)cc1. The summed E-state index contributed by atoms with van der Waals surface area (Å²) < 4.78 is 29.3. The first-order valence-corrected chi connectivity index (χ1v) is 5.11. The molecule has 0 aliphatic heterocycles. The number of nitrogen functional groups attached to an aromatic ring is 1. The Morgan fingerprint density at radius 3 is 2.39 bits per heavy atom. The van der Waals surface area contributed by atoms with E-state index in [1.807, 2.05) is 0 Å². The topological polar surface area (TPSA) is 68.3 Å². The fraction of sp³-hybridized carbons (Fsp3) is 0.0833. The average molecular weight is 252 g/mol. The van der Waals surface area contributed by atoms with Gasteiger partial charge in [-0.05, 0) is 36.4 Å². The summed E-state index contributed by atoms with van der Waals surface area (Å²) in [7, 11) is 0. The minimum absolute atomic E-state index is 0.165. The Balaban J connectivity index is 2.09. The second kappa shape index (κ2) is 4.87. The van der Waals surface area contributed by atoms with E-state index >= 15 is 0 Å². The van der Waals surface area contributed by atoms with E-state index in [4.69, 9.17) is 10.2 Å². The van der Waals surface area contributed by atoms with E-state index in [1.54, 1.807) is 24.3 Å². The molecule has 4 nitrogen and oxygen atoms in total. The van der Waals surface area contributed by atoms with Crippen molar-refractivity contribution in [3.63, 3.8) is 0 Å². The van der Waals surface area contributed by atoms with Crippen molar-refractivity contribution < 1.29 is 18.0 Å². The molecular weight excluding hydrogens is 242 g/mol. The lowest BCUT2D eigenvalue weighted by Crippen LogP contribution is -2.10. The first kappa shape index (κ1) is 12.1. The fourth-order valence-corrected chi connectivity index (χ4v) is 1.35. The number of alkyl halides is 2. The molecule has 1 aromatic heterocycles. The molecule has 1 aromatic carbocycles. The van der Waals surface area contributed by atoms with E-state index in [1.165, 1.54) is 6.07 Å². The molecule has 1 heterocycles. The lowest BCUT2D eigenvalue weighted by Gasteiger charge is -2.03. The van der Waals surface area contributed by atoms with Crippen LogP contribution in [0, 0.1) is 0 Å². The highest BCUT2D eigenvalue weighted by molar-refractivity contribution is 6.02. The van der Waals surface area contributed by atoms with Crippen molar-refractivity contribution >= 4 is 17.3 Å². The molecular formula is C12H10F2N2O2. The zero-order chi connectivity index (χ0) is 13.1. The number of carbonyl (C=O) groups excluding carboxylic acids is 1. The third-order valence-electron chi connectivity index (χ3n) is 2.23. The normalized spacial score (nSPS) is 10.6. The van der Waals surface area contributed by atoms with Crippen LogP contribution in [0.1, 0.15) is 22.7 Å². The summed E-state index contributed by atoms with van der Waals surface area (Å²) >= 11 is 0. The van der Waals surface area contributed by atoms with Crippen LogP contribution in [0.4, 0.5) is 20.2 Å². The van der Waals surface area contributed by atoms with E-state index < -0.39 is 18.1 Å². The predicted molar refractivity (Wildman–Crippen MR) is 62.5 cm³/mol. The number of nitrogens with two attached hydrogens (primary N) is 1. The molecule has 0 spiro atoms. The predicted octanol–water partition coefficient (Wildman–Crippen LogP) is 3.05. The van der Waals surface area contributed by atoms with Crippen LogP contribution in [0.5, 0.6) is 0 Å². The van der Waals surface area contributed by atoms with Crippen molar-refractivity contribution in [2.24, 2.45) is 0 Å². The molecule has 0 aliphatic rings. The van der Waals surface area contributed by atoms with E-state index in [2.05, 4.69) is 5.32 Å². The minimum Gasteiger partial charge on any atom is -0.450 e. The highest BCUT2D eigenvalue weighted by atomic mass is 19.3.